The summed E-state index contributed by atoms with van der Waals surface area (Å²) in [5.41, 5.74) is 10.2. The van der Waals surface area contributed by atoms with E-state index in [1.54, 1.807) is 11.8 Å². The number of hydrogen-bond donors (Lipinski definition) is 3. The maximum absolute atomic E-state index is 11.3. The number of carbonyl (C=O) groups is 1. The molecule has 0 heterocycles. The number of hydrazine groups is 1. The first-order valence-corrected chi connectivity index (χ1v) is 7.22. The number of benzene rings is 1. The molecule has 18 heavy (non-hydrogen) atoms. The molecule has 4 nitrogen and oxygen atoms in total. The van der Waals surface area contributed by atoms with Crippen molar-refractivity contribution in [1.29, 1.82) is 0 Å². The largest absolute Gasteiger partial charge is 0.327 e. The third kappa shape index (κ3) is 5.08. The lowest BCUT2D eigenvalue weighted by atomic mass is 10.1. The zero-order chi connectivity index (χ0) is 13.4. The maximum atomic E-state index is 11.3. The minimum absolute atomic E-state index is 0.169. The Bertz CT molecular complexity index is 384. The zero-order valence-corrected chi connectivity index (χ0v) is 11.5. The summed E-state index contributed by atoms with van der Waals surface area (Å²) < 4.78 is 0. The highest BCUT2D eigenvalue weighted by atomic mass is 32.2. The number of nitrogens with two attached hydrogens (primary N) is 2. The molecule has 5 heteroatoms. The van der Waals surface area contributed by atoms with Gasteiger partial charge in [-0.25, -0.2) is 5.84 Å². The van der Waals surface area contributed by atoms with Crippen molar-refractivity contribution in [2.75, 3.05) is 5.75 Å². The van der Waals surface area contributed by atoms with E-state index >= 15 is 0 Å². The first kappa shape index (κ1) is 15.0. The molecule has 100 valence electrons. The topological polar surface area (TPSA) is 81.1 Å². The molecule has 1 atom stereocenters. The summed E-state index contributed by atoms with van der Waals surface area (Å²) in [5, 5.41) is 0. The molecule has 1 unspecified atom stereocenters. The van der Waals surface area contributed by atoms with E-state index in [1.165, 1.54) is 5.56 Å². The van der Waals surface area contributed by atoms with Crippen LogP contribution in [0.4, 0.5) is 0 Å². The highest BCUT2D eigenvalue weighted by Gasteiger charge is 2.07. The Labute approximate surface area is 112 Å². The van der Waals surface area contributed by atoms with Gasteiger partial charge in [-0.15, -0.1) is 0 Å². The second-order valence-electron chi connectivity index (χ2n) is 4.20. The van der Waals surface area contributed by atoms with Crippen LogP contribution < -0.4 is 17.0 Å². The van der Waals surface area contributed by atoms with Gasteiger partial charge in [-0.1, -0.05) is 31.2 Å². The minimum atomic E-state index is -0.169. The molecular formula is C13H21N3OS. The van der Waals surface area contributed by atoms with Gasteiger partial charge in [0.1, 0.15) is 0 Å². The van der Waals surface area contributed by atoms with Crippen LogP contribution >= 0.6 is 11.8 Å². The first-order valence-electron chi connectivity index (χ1n) is 6.07. The van der Waals surface area contributed by atoms with E-state index in [9.17, 15) is 4.79 Å². The number of hydrogen-bond acceptors (Lipinski definition) is 4. The molecule has 0 saturated heterocycles. The number of carbonyl (C=O) groups excluding carboxylic acids is 1. The average molecular weight is 267 g/mol. The number of nitrogens with one attached hydrogen (secondary N) is 1. The zero-order valence-electron chi connectivity index (χ0n) is 10.7. The van der Waals surface area contributed by atoms with Gasteiger partial charge in [-0.2, -0.15) is 11.8 Å². The van der Waals surface area contributed by atoms with E-state index in [0.29, 0.717) is 6.42 Å². The second-order valence-corrected chi connectivity index (χ2v) is 5.23. The molecule has 0 radical (unpaired) electrons. The Hall–Kier alpha value is -1.04. The molecule has 0 saturated carbocycles. The fourth-order valence-electron chi connectivity index (χ4n) is 1.53. The van der Waals surface area contributed by atoms with E-state index in [-0.39, 0.29) is 11.9 Å². The van der Waals surface area contributed by atoms with E-state index in [2.05, 4.69) is 12.3 Å². The van der Waals surface area contributed by atoms with Crippen molar-refractivity contribution in [3.63, 3.8) is 0 Å². The predicted molar refractivity (Wildman–Crippen MR) is 76.9 cm³/mol. The highest BCUT2D eigenvalue weighted by Crippen LogP contribution is 2.18. The van der Waals surface area contributed by atoms with E-state index in [4.69, 9.17) is 11.6 Å². The summed E-state index contributed by atoms with van der Waals surface area (Å²) in [7, 11) is 0. The Morgan fingerprint density at radius 3 is 2.67 bits per heavy atom. The van der Waals surface area contributed by atoms with Crippen LogP contribution in [-0.4, -0.2) is 17.7 Å². The molecule has 0 bridgehead atoms. The third-order valence-corrected chi connectivity index (χ3v) is 3.92. The summed E-state index contributed by atoms with van der Waals surface area (Å²) in [6.07, 6.45) is 1.32. The molecule has 1 aromatic carbocycles. The number of rotatable bonds is 7. The van der Waals surface area contributed by atoms with Crippen LogP contribution in [0.25, 0.3) is 0 Å². The standard InChI is InChI=1S/C13H21N3OS/c1-2-12(14)9-18-8-11-6-4-3-5-10(11)7-13(17)16-15/h3-6,12H,2,7-9,14-15H2,1H3,(H,16,17). The van der Waals surface area contributed by atoms with Gasteiger partial charge in [0.25, 0.3) is 0 Å². The SMILES string of the molecule is CCC(N)CSCc1ccccc1CC(=O)NN. The molecule has 0 fully saturated rings. The summed E-state index contributed by atoms with van der Waals surface area (Å²) in [5.74, 6) is 6.75. The van der Waals surface area contributed by atoms with Crippen LogP contribution in [0, 0.1) is 0 Å². The van der Waals surface area contributed by atoms with Gasteiger partial charge in [0, 0.05) is 17.5 Å². The minimum Gasteiger partial charge on any atom is -0.327 e. The quantitative estimate of drug-likeness (QED) is 0.394. The Morgan fingerprint density at radius 2 is 2.06 bits per heavy atom. The van der Waals surface area contributed by atoms with Gasteiger partial charge >= 0.3 is 0 Å². The van der Waals surface area contributed by atoms with Gasteiger partial charge in [0.15, 0.2) is 0 Å². The second kappa shape index (κ2) is 8.13. The Kier molecular flexibility index (Phi) is 6.78. The average Bonchev–Trinajstić information content (AvgIpc) is 2.40. The lowest BCUT2D eigenvalue weighted by Crippen LogP contribution is -2.31. The molecule has 5 N–H and O–H groups in total. The van der Waals surface area contributed by atoms with Crippen LogP contribution in [0.2, 0.25) is 0 Å². The summed E-state index contributed by atoms with van der Waals surface area (Å²) >= 11 is 1.80. The van der Waals surface area contributed by atoms with Crippen molar-refractivity contribution in [2.45, 2.75) is 31.6 Å². The van der Waals surface area contributed by atoms with Crippen molar-refractivity contribution in [2.24, 2.45) is 11.6 Å². The smallest absolute Gasteiger partial charge is 0.238 e. The molecule has 1 amide bonds. The van der Waals surface area contributed by atoms with Gasteiger partial charge in [0.2, 0.25) is 5.91 Å². The summed E-state index contributed by atoms with van der Waals surface area (Å²) in [6.45, 7) is 2.09. The molecule has 0 aliphatic heterocycles. The number of amides is 1. The van der Waals surface area contributed by atoms with E-state index in [1.807, 2.05) is 24.3 Å². The third-order valence-electron chi connectivity index (χ3n) is 2.74. The van der Waals surface area contributed by atoms with E-state index < -0.39 is 0 Å². The molecule has 0 aromatic heterocycles. The monoisotopic (exact) mass is 267 g/mol. The number of thioether (sulfide) groups is 1. The van der Waals surface area contributed by atoms with Crippen molar-refractivity contribution < 1.29 is 4.79 Å². The molecule has 0 aliphatic rings. The van der Waals surface area contributed by atoms with E-state index in [0.717, 1.165) is 23.5 Å². The highest BCUT2D eigenvalue weighted by molar-refractivity contribution is 7.98. The maximum Gasteiger partial charge on any atom is 0.238 e. The summed E-state index contributed by atoms with van der Waals surface area (Å²) in [6, 6.07) is 8.17. The molecule has 1 aromatic rings. The van der Waals surface area contributed by atoms with Crippen molar-refractivity contribution >= 4 is 17.7 Å². The van der Waals surface area contributed by atoms with Crippen molar-refractivity contribution in [1.82, 2.24) is 5.43 Å². The fraction of sp³-hybridized carbons (Fsp3) is 0.462. The lowest BCUT2D eigenvalue weighted by molar-refractivity contribution is -0.120. The molecule has 0 spiro atoms. The van der Waals surface area contributed by atoms with Gasteiger partial charge in [-0.3, -0.25) is 10.2 Å². The van der Waals surface area contributed by atoms with Crippen molar-refractivity contribution in [3.05, 3.63) is 35.4 Å². The predicted octanol–water partition coefficient (Wildman–Crippen LogP) is 1.19. The van der Waals surface area contributed by atoms with Gasteiger partial charge in [-0.05, 0) is 17.5 Å². The lowest BCUT2D eigenvalue weighted by Gasteiger charge is -2.11. The van der Waals surface area contributed by atoms with Crippen LogP contribution in [0.5, 0.6) is 0 Å². The first-order chi connectivity index (χ1) is 8.67. The Balaban J connectivity index is 2.56. The van der Waals surface area contributed by atoms with Gasteiger partial charge in [0.05, 0.1) is 6.42 Å². The summed E-state index contributed by atoms with van der Waals surface area (Å²) in [4.78, 5) is 11.3. The Morgan fingerprint density at radius 1 is 1.39 bits per heavy atom. The molecular weight excluding hydrogens is 246 g/mol. The van der Waals surface area contributed by atoms with Crippen molar-refractivity contribution in [3.8, 4) is 0 Å². The van der Waals surface area contributed by atoms with Crippen LogP contribution in [0.3, 0.4) is 0 Å². The fourth-order valence-corrected chi connectivity index (χ4v) is 2.69. The normalized spacial score (nSPS) is 12.2. The van der Waals surface area contributed by atoms with Crippen LogP contribution in [0.1, 0.15) is 24.5 Å². The van der Waals surface area contributed by atoms with Gasteiger partial charge < -0.3 is 5.73 Å². The van der Waals surface area contributed by atoms with Crippen LogP contribution in [-0.2, 0) is 17.0 Å². The van der Waals surface area contributed by atoms with Crippen LogP contribution in [0.15, 0.2) is 24.3 Å². The molecule has 0 aliphatic carbocycles. The molecule has 1 rings (SSSR count).